The van der Waals surface area contributed by atoms with Crippen molar-refractivity contribution in [2.45, 2.75) is 0 Å². The van der Waals surface area contributed by atoms with E-state index in [2.05, 4.69) is 19.6 Å². The molecule has 7 heavy (non-hydrogen) atoms. The molecule has 0 aromatic carbocycles. The van der Waals surface area contributed by atoms with Crippen molar-refractivity contribution < 1.29 is 30.0 Å². The average Bonchev–Trinajstić information content (AvgIpc) is 1.33. The maximum absolute atomic E-state index is 7.17. The van der Waals surface area contributed by atoms with E-state index in [0.717, 1.165) is 0 Å². The van der Waals surface area contributed by atoms with E-state index in [9.17, 15) is 0 Å². The molecule has 0 aromatic heterocycles. The average molecular weight is 222 g/mol. The van der Waals surface area contributed by atoms with Gasteiger partial charge in [-0.15, -0.1) is 0 Å². The first-order valence-electron chi connectivity index (χ1n) is 1.11. The van der Waals surface area contributed by atoms with E-state index in [1.807, 2.05) is 0 Å². The van der Waals surface area contributed by atoms with Crippen molar-refractivity contribution in [3.63, 3.8) is 0 Å². The van der Waals surface area contributed by atoms with E-state index in [-0.39, 0.29) is 14.9 Å². The van der Waals surface area contributed by atoms with E-state index >= 15 is 0 Å². The van der Waals surface area contributed by atoms with Crippen molar-refractivity contribution >= 4 is 27.0 Å². The van der Waals surface area contributed by atoms with Gasteiger partial charge in [0.25, 0.3) is 0 Å². The van der Waals surface area contributed by atoms with Crippen molar-refractivity contribution in [2.24, 2.45) is 0 Å². The van der Waals surface area contributed by atoms with Crippen molar-refractivity contribution in [1.82, 2.24) is 0 Å². The monoisotopic (exact) mass is 224 g/mol. The second-order valence-electron chi connectivity index (χ2n) is 0.414. The molecule has 0 fully saturated rings. The van der Waals surface area contributed by atoms with Crippen LogP contribution in [0, 0.1) is 0 Å². The van der Waals surface area contributed by atoms with E-state index < -0.39 is 7.32 Å². The molecular formula is H3BMoO3S2. The zero-order valence-electron chi connectivity index (χ0n) is 3.14. The van der Waals surface area contributed by atoms with Crippen molar-refractivity contribution in [2.75, 3.05) is 0 Å². The van der Waals surface area contributed by atoms with E-state index in [1.165, 1.54) is 0 Å². The SMILES string of the molecule is OB(O)O.[S]=[Mo]=[S]. The normalized spacial score (nSPS) is 5.57. The Hall–Kier alpha value is 1.07. The summed E-state index contributed by atoms with van der Waals surface area (Å²) < 4.78 is 0. The quantitative estimate of drug-likeness (QED) is 0.470. The van der Waals surface area contributed by atoms with Gasteiger partial charge in [0.1, 0.15) is 0 Å². The zero-order valence-corrected chi connectivity index (χ0v) is 6.78. The van der Waals surface area contributed by atoms with Crippen LogP contribution in [0.1, 0.15) is 0 Å². The summed E-state index contributed by atoms with van der Waals surface area (Å²) in [6.07, 6.45) is 0. The Labute approximate surface area is 57.0 Å². The van der Waals surface area contributed by atoms with Crippen molar-refractivity contribution in [3.05, 3.63) is 0 Å². The van der Waals surface area contributed by atoms with E-state index in [1.54, 1.807) is 0 Å². The van der Waals surface area contributed by atoms with E-state index in [0.29, 0.717) is 0 Å². The van der Waals surface area contributed by atoms with Crippen LogP contribution in [0.15, 0.2) is 0 Å². The Morgan fingerprint density at radius 1 is 1.14 bits per heavy atom. The molecule has 0 saturated carbocycles. The fourth-order valence-corrected chi connectivity index (χ4v) is 0. The van der Waals surface area contributed by atoms with Crippen LogP contribution >= 0.6 is 19.6 Å². The van der Waals surface area contributed by atoms with Crippen LogP contribution in [0.5, 0.6) is 0 Å². The standard InChI is InChI=1S/BH3O3.Mo.2S/c2-1(3)4;;;/h2-4H;;;. The van der Waals surface area contributed by atoms with Crippen LogP contribution in [0.2, 0.25) is 0 Å². The van der Waals surface area contributed by atoms with E-state index in [4.69, 9.17) is 15.1 Å². The molecule has 0 bridgehead atoms. The Morgan fingerprint density at radius 2 is 1.14 bits per heavy atom. The van der Waals surface area contributed by atoms with Gasteiger partial charge in [0, 0.05) is 0 Å². The first-order valence-corrected chi connectivity index (χ1v) is 6.69. The summed E-state index contributed by atoms with van der Waals surface area (Å²) in [7, 11) is 6.51. The fraction of sp³-hybridized carbons (Fsp3) is 0. The molecule has 3 N–H and O–H groups in total. The third kappa shape index (κ3) is 158. The van der Waals surface area contributed by atoms with Crippen LogP contribution < -0.4 is 0 Å². The summed E-state index contributed by atoms with van der Waals surface area (Å²) in [4.78, 5) is 0. The summed E-state index contributed by atoms with van der Waals surface area (Å²) in [6.45, 7) is 0. The van der Waals surface area contributed by atoms with Crippen LogP contribution in [0.3, 0.4) is 0 Å². The van der Waals surface area contributed by atoms with Gasteiger partial charge in [-0.25, -0.2) is 0 Å². The summed E-state index contributed by atoms with van der Waals surface area (Å²) in [5.74, 6) is 0. The zero-order chi connectivity index (χ0) is 6.28. The van der Waals surface area contributed by atoms with Crippen LogP contribution in [0.4, 0.5) is 0 Å². The summed E-state index contributed by atoms with van der Waals surface area (Å²) in [5.41, 5.74) is 0. The summed E-state index contributed by atoms with van der Waals surface area (Å²) >= 11 is -0.363. The van der Waals surface area contributed by atoms with Crippen LogP contribution in [-0.4, -0.2) is 22.4 Å². The molecule has 0 aliphatic carbocycles. The third-order valence-electron chi connectivity index (χ3n) is 0. The second-order valence-corrected chi connectivity index (χ2v) is 3.97. The molecule has 0 radical (unpaired) electrons. The number of hydrogen-bond acceptors (Lipinski definition) is 5. The molecule has 0 spiro atoms. The van der Waals surface area contributed by atoms with Gasteiger partial charge in [0.15, 0.2) is 0 Å². The molecule has 0 heterocycles. The first-order chi connectivity index (χ1) is 3.15. The second kappa shape index (κ2) is 10.1. The van der Waals surface area contributed by atoms with Crippen molar-refractivity contribution in [1.29, 1.82) is 0 Å². The Morgan fingerprint density at radius 3 is 1.14 bits per heavy atom. The molecule has 0 aliphatic heterocycles. The number of rotatable bonds is 0. The molecule has 0 unspecified atom stereocenters. The summed E-state index contributed by atoms with van der Waals surface area (Å²) in [5, 5.41) is 21.5. The van der Waals surface area contributed by atoms with Gasteiger partial charge < -0.3 is 15.1 Å². The van der Waals surface area contributed by atoms with Gasteiger partial charge in [0.05, 0.1) is 0 Å². The van der Waals surface area contributed by atoms with Gasteiger partial charge in [-0.3, -0.25) is 0 Å². The minimum atomic E-state index is -2.17. The Bertz CT molecular complexity index is 55.2. The predicted molar refractivity (Wildman–Crippen MR) is 27.6 cm³/mol. The molecule has 7 heteroatoms. The minimum absolute atomic E-state index is 0.363. The fourth-order valence-electron chi connectivity index (χ4n) is 0. The molecule has 3 nitrogen and oxygen atoms in total. The Balaban J connectivity index is 0. The van der Waals surface area contributed by atoms with Gasteiger partial charge in [-0.1, -0.05) is 0 Å². The van der Waals surface area contributed by atoms with Gasteiger partial charge in [-0.05, 0) is 0 Å². The summed E-state index contributed by atoms with van der Waals surface area (Å²) in [6, 6.07) is 0. The molecule has 0 amide bonds. The van der Waals surface area contributed by atoms with Gasteiger partial charge >= 0.3 is 41.9 Å². The molecule has 0 aromatic rings. The number of hydrogen-bond donors (Lipinski definition) is 3. The van der Waals surface area contributed by atoms with Crippen LogP contribution in [-0.2, 0) is 14.9 Å². The molecular weight excluding hydrogens is 219 g/mol. The van der Waals surface area contributed by atoms with Gasteiger partial charge in [-0.2, -0.15) is 0 Å². The van der Waals surface area contributed by atoms with Crippen LogP contribution in [0.25, 0.3) is 0 Å². The Kier molecular flexibility index (Phi) is 15.9. The predicted octanol–water partition coefficient (Wildman–Crippen LogP) is -0.758. The molecule has 0 aliphatic rings. The molecule has 0 atom stereocenters. The molecule has 0 saturated heterocycles. The van der Waals surface area contributed by atoms with Crippen molar-refractivity contribution in [3.8, 4) is 0 Å². The first kappa shape index (κ1) is 11.0. The molecule has 0 rings (SSSR count). The topological polar surface area (TPSA) is 60.7 Å². The molecule has 42 valence electrons. The third-order valence-corrected chi connectivity index (χ3v) is 0. The maximum atomic E-state index is 7.17. The van der Waals surface area contributed by atoms with Gasteiger partial charge in [0.2, 0.25) is 0 Å².